The number of aliphatic hydroxyl groups excluding tert-OH is 1. The highest BCUT2D eigenvalue weighted by Crippen LogP contribution is 2.14. The number of aliphatic hydroxyl groups is 1. The predicted octanol–water partition coefficient (Wildman–Crippen LogP) is -1.53. The van der Waals surface area contributed by atoms with E-state index in [1.54, 1.807) is 0 Å². The van der Waals surface area contributed by atoms with Crippen molar-refractivity contribution in [3.63, 3.8) is 0 Å². The van der Waals surface area contributed by atoms with Crippen molar-refractivity contribution in [1.29, 1.82) is 0 Å². The van der Waals surface area contributed by atoms with E-state index in [4.69, 9.17) is 10.9 Å². The maximum atomic E-state index is 10.9. The standard InChI is InChI=1S/C6H12N2O3/c1-11-6(10)5-2-4(9)3-8(5)7/h4-5,9H,2-3,7H2,1H3. The van der Waals surface area contributed by atoms with Crippen molar-refractivity contribution in [2.24, 2.45) is 5.84 Å². The summed E-state index contributed by atoms with van der Waals surface area (Å²) in [6, 6.07) is -0.477. The van der Waals surface area contributed by atoms with Gasteiger partial charge in [0, 0.05) is 13.0 Å². The lowest BCUT2D eigenvalue weighted by Gasteiger charge is -2.14. The van der Waals surface area contributed by atoms with Crippen molar-refractivity contribution in [1.82, 2.24) is 5.01 Å². The molecule has 1 fully saturated rings. The maximum absolute atomic E-state index is 10.9. The van der Waals surface area contributed by atoms with Gasteiger partial charge < -0.3 is 9.84 Å². The quantitative estimate of drug-likeness (QED) is 0.359. The molecule has 0 aliphatic carbocycles. The number of rotatable bonds is 1. The molecule has 11 heavy (non-hydrogen) atoms. The molecule has 0 spiro atoms. The van der Waals surface area contributed by atoms with Gasteiger partial charge in [0.15, 0.2) is 0 Å². The van der Waals surface area contributed by atoms with Gasteiger partial charge in [-0.15, -0.1) is 0 Å². The molecule has 1 rings (SSSR count). The Morgan fingerprint density at radius 1 is 1.82 bits per heavy atom. The highest BCUT2D eigenvalue weighted by atomic mass is 16.5. The lowest BCUT2D eigenvalue weighted by atomic mass is 10.2. The van der Waals surface area contributed by atoms with Gasteiger partial charge >= 0.3 is 5.97 Å². The third-order valence-corrected chi connectivity index (χ3v) is 1.79. The number of esters is 1. The van der Waals surface area contributed by atoms with Crippen molar-refractivity contribution >= 4 is 5.97 Å². The van der Waals surface area contributed by atoms with E-state index < -0.39 is 12.1 Å². The second kappa shape index (κ2) is 3.17. The van der Waals surface area contributed by atoms with Gasteiger partial charge in [0.05, 0.1) is 13.2 Å². The lowest BCUT2D eigenvalue weighted by molar-refractivity contribution is -0.145. The number of carbonyl (C=O) groups is 1. The smallest absolute Gasteiger partial charge is 0.324 e. The molecule has 0 bridgehead atoms. The lowest BCUT2D eigenvalue weighted by Crippen LogP contribution is -2.41. The zero-order chi connectivity index (χ0) is 8.43. The van der Waals surface area contributed by atoms with Crippen LogP contribution in [0.1, 0.15) is 6.42 Å². The third kappa shape index (κ3) is 1.68. The fourth-order valence-corrected chi connectivity index (χ4v) is 1.21. The second-order valence-electron chi connectivity index (χ2n) is 2.63. The third-order valence-electron chi connectivity index (χ3n) is 1.79. The van der Waals surface area contributed by atoms with Crippen LogP contribution in [-0.4, -0.2) is 41.9 Å². The molecule has 1 aliphatic heterocycles. The molecule has 0 aromatic carbocycles. The molecular weight excluding hydrogens is 148 g/mol. The van der Waals surface area contributed by atoms with Gasteiger partial charge in [-0.1, -0.05) is 0 Å². The van der Waals surface area contributed by atoms with Crippen LogP contribution in [0.5, 0.6) is 0 Å². The van der Waals surface area contributed by atoms with Gasteiger partial charge in [-0.2, -0.15) is 0 Å². The van der Waals surface area contributed by atoms with Gasteiger partial charge in [0.1, 0.15) is 6.04 Å². The number of nitrogens with zero attached hydrogens (tertiary/aromatic N) is 1. The van der Waals surface area contributed by atoms with Crippen molar-refractivity contribution in [3.05, 3.63) is 0 Å². The van der Waals surface area contributed by atoms with Crippen LogP contribution >= 0.6 is 0 Å². The van der Waals surface area contributed by atoms with E-state index in [9.17, 15) is 4.79 Å². The molecule has 0 aromatic heterocycles. The summed E-state index contributed by atoms with van der Waals surface area (Å²) in [5.74, 6) is 5.03. The average Bonchev–Trinajstić information content (AvgIpc) is 2.28. The first-order chi connectivity index (χ1) is 5.15. The van der Waals surface area contributed by atoms with Crippen LogP contribution in [0.2, 0.25) is 0 Å². The molecule has 5 nitrogen and oxygen atoms in total. The summed E-state index contributed by atoms with van der Waals surface area (Å²) in [5.41, 5.74) is 0. The molecule has 0 amide bonds. The van der Waals surface area contributed by atoms with E-state index >= 15 is 0 Å². The Bertz CT molecular complexity index is 162. The second-order valence-corrected chi connectivity index (χ2v) is 2.63. The van der Waals surface area contributed by atoms with Crippen LogP contribution in [0, 0.1) is 0 Å². The van der Waals surface area contributed by atoms with Gasteiger partial charge in [-0.05, 0) is 0 Å². The number of methoxy groups -OCH3 is 1. The van der Waals surface area contributed by atoms with E-state index in [-0.39, 0.29) is 5.97 Å². The first-order valence-corrected chi connectivity index (χ1v) is 3.42. The molecule has 5 heteroatoms. The number of hydrogen-bond acceptors (Lipinski definition) is 5. The minimum Gasteiger partial charge on any atom is -0.468 e. The predicted molar refractivity (Wildman–Crippen MR) is 37.3 cm³/mol. The summed E-state index contributed by atoms with van der Waals surface area (Å²) in [5, 5.41) is 10.4. The summed E-state index contributed by atoms with van der Waals surface area (Å²) in [6.07, 6.45) is -0.146. The van der Waals surface area contributed by atoms with E-state index in [2.05, 4.69) is 4.74 Å². The van der Waals surface area contributed by atoms with Crippen molar-refractivity contribution in [2.45, 2.75) is 18.6 Å². The zero-order valence-electron chi connectivity index (χ0n) is 6.36. The Labute approximate surface area is 64.7 Å². The first kappa shape index (κ1) is 8.45. The molecular formula is C6H12N2O3. The molecule has 1 saturated heterocycles. The molecule has 2 unspecified atom stereocenters. The monoisotopic (exact) mass is 160 g/mol. The maximum Gasteiger partial charge on any atom is 0.324 e. The highest BCUT2D eigenvalue weighted by Gasteiger charge is 2.34. The number of hydrazine groups is 1. The molecule has 0 aromatic rings. The molecule has 1 heterocycles. The van der Waals surface area contributed by atoms with Gasteiger partial charge in [0.25, 0.3) is 0 Å². The molecule has 0 radical (unpaired) electrons. The Morgan fingerprint density at radius 2 is 2.45 bits per heavy atom. The molecule has 3 N–H and O–H groups in total. The van der Waals surface area contributed by atoms with Crippen molar-refractivity contribution < 1.29 is 14.6 Å². The molecule has 2 atom stereocenters. The van der Waals surface area contributed by atoms with Crippen LogP contribution in [0.25, 0.3) is 0 Å². The summed E-state index contributed by atoms with van der Waals surface area (Å²) in [6.45, 7) is 0.333. The Kier molecular flexibility index (Phi) is 2.43. The minimum absolute atomic E-state index is 0.333. The van der Waals surface area contributed by atoms with E-state index in [1.807, 2.05) is 0 Å². The van der Waals surface area contributed by atoms with Gasteiger partial charge in [-0.25, -0.2) is 5.01 Å². The molecule has 0 saturated carbocycles. The van der Waals surface area contributed by atoms with E-state index in [1.165, 1.54) is 12.1 Å². The Morgan fingerprint density at radius 3 is 2.82 bits per heavy atom. The Hall–Kier alpha value is -0.650. The van der Waals surface area contributed by atoms with Crippen LogP contribution in [0.3, 0.4) is 0 Å². The van der Waals surface area contributed by atoms with Gasteiger partial charge in [0.2, 0.25) is 0 Å². The average molecular weight is 160 g/mol. The minimum atomic E-state index is -0.510. The fourth-order valence-electron chi connectivity index (χ4n) is 1.21. The normalized spacial score (nSPS) is 32.3. The number of β-amino-alcohol motifs (C(OH)–C–C–N with tert-alkyl or cyclic N) is 1. The summed E-state index contributed by atoms with van der Waals surface area (Å²) in [4.78, 5) is 10.9. The fraction of sp³-hybridized carbons (Fsp3) is 0.833. The zero-order valence-corrected chi connectivity index (χ0v) is 6.36. The largest absolute Gasteiger partial charge is 0.468 e. The summed E-state index contributed by atoms with van der Waals surface area (Å²) in [7, 11) is 1.31. The Balaban J connectivity index is 2.52. The van der Waals surface area contributed by atoms with Crippen molar-refractivity contribution in [3.8, 4) is 0 Å². The molecule has 64 valence electrons. The van der Waals surface area contributed by atoms with Crippen LogP contribution in [0.4, 0.5) is 0 Å². The summed E-state index contributed by atoms with van der Waals surface area (Å²) < 4.78 is 4.48. The van der Waals surface area contributed by atoms with Crippen LogP contribution < -0.4 is 5.84 Å². The number of nitrogens with two attached hydrogens (primary N) is 1. The highest BCUT2D eigenvalue weighted by molar-refractivity contribution is 5.76. The van der Waals surface area contributed by atoms with Crippen LogP contribution in [0.15, 0.2) is 0 Å². The molecule has 1 aliphatic rings. The summed E-state index contributed by atoms with van der Waals surface area (Å²) >= 11 is 0. The first-order valence-electron chi connectivity index (χ1n) is 3.42. The van der Waals surface area contributed by atoms with Crippen LogP contribution in [-0.2, 0) is 9.53 Å². The topological polar surface area (TPSA) is 75.8 Å². The van der Waals surface area contributed by atoms with E-state index in [0.717, 1.165) is 0 Å². The number of ether oxygens (including phenoxy) is 1. The SMILES string of the molecule is COC(=O)C1CC(O)CN1N. The van der Waals surface area contributed by atoms with Crippen molar-refractivity contribution in [2.75, 3.05) is 13.7 Å². The number of carbonyl (C=O) groups excluding carboxylic acids is 1. The number of hydrogen-bond donors (Lipinski definition) is 2. The van der Waals surface area contributed by atoms with Gasteiger partial charge in [-0.3, -0.25) is 10.6 Å². The van der Waals surface area contributed by atoms with E-state index in [0.29, 0.717) is 13.0 Å².